The van der Waals surface area contributed by atoms with Crippen molar-refractivity contribution in [3.8, 4) is 0 Å². The van der Waals surface area contributed by atoms with E-state index in [-0.39, 0.29) is 11.7 Å². The molecule has 15 heavy (non-hydrogen) atoms. The summed E-state index contributed by atoms with van der Waals surface area (Å²) in [4.78, 5) is 17.7. The van der Waals surface area contributed by atoms with Crippen LogP contribution in [0.15, 0.2) is 5.38 Å². The van der Waals surface area contributed by atoms with Gasteiger partial charge in [-0.3, -0.25) is 4.79 Å². The average Bonchev–Trinajstić information content (AvgIpc) is 2.91. The van der Waals surface area contributed by atoms with Crippen molar-refractivity contribution in [2.75, 3.05) is 24.4 Å². The van der Waals surface area contributed by atoms with Crippen LogP contribution in [-0.2, 0) is 0 Å². The molecule has 0 N–H and O–H groups in total. The van der Waals surface area contributed by atoms with Gasteiger partial charge in [-0.05, 0) is 18.8 Å². The molecule has 0 amide bonds. The van der Waals surface area contributed by atoms with Crippen LogP contribution in [0, 0.1) is 5.92 Å². The predicted molar refractivity (Wildman–Crippen MR) is 63.2 cm³/mol. The van der Waals surface area contributed by atoms with Gasteiger partial charge < -0.3 is 4.90 Å². The normalized spacial score (nSPS) is 15.3. The number of ketones is 1. The van der Waals surface area contributed by atoms with Crippen LogP contribution < -0.4 is 4.90 Å². The number of hydrogen-bond acceptors (Lipinski definition) is 4. The molecule has 0 radical (unpaired) electrons. The monoisotopic (exact) mass is 244 g/mol. The maximum atomic E-state index is 11.3. The second-order valence-corrected chi connectivity index (χ2v) is 5.00. The first-order chi connectivity index (χ1) is 7.20. The number of aromatic nitrogens is 1. The van der Waals surface area contributed by atoms with Crippen molar-refractivity contribution >= 4 is 33.9 Å². The summed E-state index contributed by atoms with van der Waals surface area (Å²) in [6, 6.07) is 0. The van der Waals surface area contributed by atoms with E-state index < -0.39 is 0 Å². The minimum Gasteiger partial charge on any atom is -0.351 e. The molecule has 82 valence electrons. The molecule has 0 saturated heterocycles. The maximum Gasteiger partial charge on any atom is 0.196 e. The molecule has 0 atom stereocenters. The van der Waals surface area contributed by atoms with Crippen LogP contribution in [-0.4, -0.2) is 30.2 Å². The molecule has 1 aliphatic rings. The fourth-order valence-electron chi connectivity index (χ4n) is 1.40. The van der Waals surface area contributed by atoms with Crippen LogP contribution in [0.5, 0.6) is 0 Å². The van der Waals surface area contributed by atoms with Gasteiger partial charge in [0.2, 0.25) is 0 Å². The largest absolute Gasteiger partial charge is 0.351 e. The zero-order chi connectivity index (χ0) is 10.8. The fourth-order valence-corrected chi connectivity index (χ4v) is 2.35. The van der Waals surface area contributed by atoms with Crippen molar-refractivity contribution in [3.05, 3.63) is 11.1 Å². The maximum absolute atomic E-state index is 11.3. The van der Waals surface area contributed by atoms with E-state index >= 15 is 0 Å². The Kier molecular flexibility index (Phi) is 3.26. The van der Waals surface area contributed by atoms with Crippen molar-refractivity contribution in [1.82, 2.24) is 4.98 Å². The Bertz CT molecular complexity index is 362. The second kappa shape index (κ2) is 4.49. The topological polar surface area (TPSA) is 33.2 Å². The summed E-state index contributed by atoms with van der Waals surface area (Å²) in [5.41, 5.74) is 0.493. The molecule has 5 heteroatoms. The van der Waals surface area contributed by atoms with E-state index in [0.29, 0.717) is 5.69 Å². The summed E-state index contributed by atoms with van der Waals surface area (Å²) < 4.78 is 0. The molecule has 0 bridgehead atoms. The highest BCUT2D eigenvalue weighted by molar-refractivity contribution is 7.13. The van der Waals surface area contributed by atoms with E-state index in [1.165, 1.54) is 24.2 Å². The van der Waals surface area contributed by atoms with Crippen molar-refractivity contribution in [2.24, 2.45) is 5.92 Å². The Labute approximate surface area is 98.1 Å². The Morgan fingerprint density at radius 1 is 1.73 bits per heavy atom. The van der Waals surface area contributed by atoms with E-state index in [2.05, 4.69) is 9.88 Å². The third kappa shape index (κ3) is 2.69. The first-order valence-corrected chi connectivity index (χ1v) is 6.38. The average molecular weight is 245 g/mol. The number of alkyl halides is 1. The van der Waals surface area contributed by atoms with Gasteiger partial charge in [0.05, 0.1) is 5.88 Å². The third-order valence-corrected chi connectivity index (χ3v) is 3.65. The summed E-state index contributed by atoms with van der Waals surface area (Å²) in [7, 11) is 2.02. The zero-order valence-electron chi connectivity index (χ0n) is 8.57. The minimum absolute atomic E-state index is 0.00944. The number of nitrogens with zero attached hydrogens (tertiary/aromatic N) is 2. The molecule has 1 aromatic heterocycles. The van der Waals surface area contributed by atoms with Crippen molar-refractivity contribution in [3.63, 3.8) is 0 Å². The Morgan fingerprint density at radius 3 is 3.07 bits per heavy atom. The predicted octanol–water partition coefficient (Wildman–Crippen LogP) is 2.41. The quantitative estimate of drug-likeness (QED) is 0.589. The molecule has 0 spiro atoms. The van der Waals surface area contributed by atoms with E-state index in [0.717, 1.165) is 17.6 Å². The molecule has 1 aliphatic carbocycles. The number of anilines is 1. The molecule has 0 unspecified atom stereocenters. The number of carbonyl (C=O) groups is 1. The van der Waals surface area contributed by atoms with Crippen LogP contribution in [0.3, 0.4) is 0 Å². The lowest BCUT2D eigenvalue weighted by atomic mass is 10.3. The van der Waals surface area contributed by atoms with Gasteiger partial charge in [-0.15, -0.1) is 22.9 Å². The molecular weight excluding hydrogens is 232 g/mol. The number of halogens is 1. The van der Waals surface area contributed by atoms with Gasteiger partial charge in [-0.25, -0.2) is 4.98 Å². The van der Waals surface area contributed by atoms with Crippen molar-refractivity contribution < 1.29 is 4.79 Å². The van der Waals surface area contributed by atoms with Gasteiger partial charge in [-0.2, -0.15) is 0 Å². The van der Waals surface area contributed by atoms with Gasteiger partial charge in [-0.1, -0.05) is 0 Å². The van der Waals surface area contributed by atoms with Gasteiger partial charge in [0.25, 0.3) is 0 Å². The smallest absolute Gasteiger partial charge is 0.196 e. The SMILES string of the molecule is CN(CC1CC1)c1nc(C(=O)CCl)cs1. The third-order valence-electron chi connectivity index (χ3n) is 2.45. The lowest BCUT2D eigenvalue weighted by molar-refractivity contribution is 0.101. The number of carbonyl (C=O) groups excluding carboxylic acids is 1. The number of thiazole rings is 1. The molecule has 1 saturated carbocycles. The minimum atomic E-state index is -0.0982. The lowest BCUT2D eigenvalue weighted by Gasteiger charge is -2.14. The summed E-state index contributed by atoms with van der Waals surface area (Å²) >= 11 is 6.98. The summed E-state index contributed by atoms with van der Waals surface area (Å²) in [5.74, 6) is 0.736. The van der Waals surface area contributed by atoms with Crippen LogP contribution in [0.1, 0.15) is 23.3 Å². The molecule has 0 aliphatic heterocycles. The summed E-state index contributed by atoms with van der Waals surface area (Å²) in [5, 5.41) is 2.69. The van der Waals surface area contributed by atoms with Crippen LogP contribution in [0.4, 0.5) is 5.13 Å². The molecule has 0 aromatic carbocycles. The fraction of sp³-hybridized carbons (Fsp3) is 0.600. The Balaban J connectivity index is 2.01. The van der Waals surface area contributed by atoms with E-state index in [1.54, 1.807) is 5.38 Å². The van der Waals surface area contributed by atoms with Crippen LogP contribution >= 0.6 is 22.9 Å². The highest BCUT2D eigenvalue weighted by atomic mass is 35.5. The van der Waals surface area contributed by atoms with Gasteiger partial charge in [0.15, 0.2) is 10.9 Å². The van der Waals surface area contributed by atoms with Crippen LogP contribution in [0.2, 0.25) is 0 Å². The lowest BCUT2D eigenvalue weighted by Crippen LogP contribution is -2.19. The summed E-state index contributed by atoms with van der Waals surface area (Å²) in [6.07, 6.45) is 2.65. The van der Waals surface area contributed by atoms with Gasteiger partial charge in [0.1, 0.15) is 5.69 Å². The second-order valence-electron chi connectivity index (χ2n) is 3.90. The standard InChI is InChI=1S/C10H13ClN2OS/c1-13(5-7-2-3-7)10-12-8(6-15-10)9(14)4-11/h6-7H,2-5H2,1H3. The zero-order valence-corrected chi connectivity index (χ0v) is 10.1. The van der Waals surface area contributed by atoms with Crippen molar-refractivity contribution in [1.29, 1.82) is 0 Å². The molecule has 3 nitrogen and oxygen atoms in total. The van der Waals surface area contributed by atoms with E-state index in [1.807, 2.05) is 7.05 Å². The van der Waals surface area contributed by atoms with E-state index in [9.17, 15) is 4.79 Å². The molecule has 1 heterocycles. The van der Waals surface area contributed by atoms with Gasteiger partial charge >= 0.3 is 0 Å². The highest BCUT2D eigenvalue weighted by Crippen LogP contribution is 2.31. The van der Waals surface area contributed by atoms with E-state index in [4.69, 9.17) is 11.6 Å². The van der Waals surface area contributed by atoms with Gasteiger partial charge in [0, 0.05) is 19.0 Å². The first-order valence-electron chi connectivity index (χ1n) is 4.96. The first kappa shape index (κ1) is 10.9. The van der Waals surface area contributed by atoms with Crippen LogP contribution in [0.25, 0.3) is 0 Å². The number of rotatable bonds is 5. The number of Topliss-reactive ketones (excluding diaryl/α,β-unsaturated/α-hetero) is 1. The highest BCUT2D eigenvalue weighted by Gasteiger charge is 2.24. The van der Waals surface area contributed by atoms with Crippen molar-refractivity contribution in [2.45, 2.75) is 12.8 Å². The Hall–Kier alpha value is -0.610. The molecule has 1 aromatic rings. The number of hydrogen-bond donors (Lipinski definition) is 0. The summed E-state index contributed by atoms with van der Waals surface area (Å²) in [6.45, 7) is 1.04. The molecule has 1 fully saturated rings. The Morgan fingerprint density at radius 2 is 2.47 bits per heavy atom. The molecule has 2 rings (SSSR count). The molecular formula is C10H13ClN2OS.